The van der Waals surface area contributed by atoms with Gasteiger partial charge in [-0.15, -0.1) is 0 Å². The largest absolute Gasteiger partial charge is 0.455 e. The van der Waals surface area contributed by atoms with Crippen LogP contribution in [0, 0.1) is 0 Å². The number of pyridine rings is 1. The zero-order valence-electron chi connectivity index (χ0n) is 24.0. The van der Waals surface area contributed by atoms with Crippen molar-refractivity contribution >= 4 is 39.1 Å². The van der Waals surface area contributed by atoms with E-state index < -0.39 is 10.8 Å². The van der Waals surface area contributed by atoms with E-state index >= 15 is 0 Å². The first-order valence-electron chi connectivity index (χ1n) is 13.5. The van der Waals surface area contributed by atoms with Gasteiger partial charge in [0.1, 0.15) is 17.3 Å². The summed E-state index contributed by atoms with van der Waals surface area (Å²) in [6.07, 6.45) is 3.39. The molecule has 2 aromatic heterocycles. The van der Waals surface area contributed by atoms with E-state index in [4.69, 9.17) is 4.74 Å². The van der Waals surface area contributed by atoms with Crippen LogP contribution in [0.1, 0.15) is 36.8 Å². The molecule has 2 aromatic carbocycles. The Labute approximate surface area is 238 Å². The highest BCUT2D eigenvalue weighted by molar-refractivity contribution is 7.84. The lowest BCUT2D eigenvalue weighted by Crippen LogP contribution is -2.44. The van der Waals surface area contributed by atoms with Gasteiger partial charge in [-0.1, -0.05) is 39.0 Å². The number of ether oxygens (including phenoxy) is 1. The third-order valence-corrected chi connectivity index (χ3v) is 8.40. The number of aryl methyl sites for hydroxylation is 1. The summed E-state index contributed by atoms with van der Waals surface area (Å²) in [5.74, 6) is 1.97. The van der Waals surface area contributed by atoms with Crippen molar-refractivity contribution in [3.8, 4) is 11.5 Å². The van der Waals surface area contributed by atoms with Gasteiger partial charge in [0, 0.05) is 57.1 Å². The molecule has 5 rings (SSSR count). The molecule has 0 aliphatic carbocycles. The smallest absolute Gasteiger partial charge is 0.272 e. The van der Waals surface area contributed by atoms with E-state index in [9.17, 15) is 9.00 Å². The van der Waals surface area contributed by atoms with Gasteiger partial charge in [-0.25, -0.2) is 4.98 Å². The summed E-state index contributed by atoms with van der Waals surface area (Å²) in [6, 6.07) is 17.2. The number of aromatic nitrogens is 2. The molecule has 1 fully saturated rings. The van der Waals surface area contributed by atoms with Crippen LogP contribution >= 0.6 is 0 Å². The molecule has 210 valence electrons. The van der Waals surface area contributed by atoms with Crippen molar-refractivity contribution in [2.75, 3.05) is 49.7 Å². The van der Waals surface area contributed by atoms with Crippen LogP contribution in [0.25, 0.3) is 10.9 Å². The Kier molecular flexibility index (Phi) is 7.70. The monoisotopic (exact) mass is 559 g/mol. The molecule has 1 N–H and O–H groups in total. The van der Waals surface area contributed by atoms with E-state index in [1.807, 2.05) is 66.2 Å². The highest BCUT2D eigenvalue weighted by Crippen LogP contribution is 2.34. The van der Waals surface area contributed by atoms with E-state index in [-0.39, 0.29) is 11.3 Å². The normalized spacial score (nSPS) is 15.3. The Hall–Kier alpha value is -3.69. The van der Waals surface area contributed by atoms with Gasteiger partial charge in [0.2, 0.25) is 0 Å². The summed E-state index contributed by atoms with van der Waals surface area (Å²) in [6.45, 7) is 10.2. The van der Waals surface area contributed by atoms with Crippen LogP contribution in [0.5, 0.6) is 11.5 Å². The summed E-state index contributed by atoms with van der Waals surface area (Å²) in [7, 11) is 2.74. The fourth-order valence-electron chi connectivity index (χ4n) is 5.01. The van der Waals surface area contributed by atoms with Crippen molar-refractivity contribution in [1.82, 2.24) is 14.5 Å². The number of benzene rings is 2. The number of hydrogen-bond donors (Lipinski definition) is 1. The molecule has 1 aliphatic rings. The van der Waals surface area contributed by atoms with Crippen molar-refractivity contribution < 1.29 is 13.7 Å². The molecule has 1 saturated heterocycles. The van der Waals surface area contributed by atoms with Gasteiger partial charge in [0.15, 0.2) is 5.75 Å². The molecule has 40 heavy (non-hydrogen) atoms. The molecule has 8 nitrogen and oxygen atoms in total. The first-order chi connectivity index (χ1) is 19.0. The second kappa shape index (κ2) is 11.1. The van der Waals surface area contributed by atoms with Gasteiger partial charge >= 0.3 is 0 Å². The minimum absolute atomic E-state index is 0.115. The molecule has 0 saturated carbocycles. The number of anilines is 2. The fourth-order valence-corrected chi connectivity index (χ4v) is 5.69. The lowest BCUT2D eigenvalue weighted by molar-refractivity contribution is 0.101. The third kappa shape index (κ3) is 5.76. The number of carbonyl (C=O) groups excluding carboxylic acids is 1. The van der Waals surface area contributed by atoms with Crippen LogP contribution < -0.4 is 15.0 Å². The Bertz CT molecular complexity index is 1580. The fraction of sp³-hybridized carbons (Fsp3) is 0.355. The number of nitrogens with one attached hydrogen (secondary N) is 1. The number of nitrogens with zero attached hydrogens (tertiary/aromatic N) is 4. The quantitative estimate of drug-likeness (QED) is 0.341. The van der Waals surface area contributed by atoms with Crippen molar-refractivity contribution in [3.63, 3.8) is 0 Å². The van der Waals surface area contributed by atoms with E-state index in [0.29, 0.717) is 27.8 Å². The van der Waals surface area contributed by atoms with Crippen LogP contribution in [0.15, 0.2) is 65.7 Å². The second-order valence-corrected chi connectivity index (χ2v) is 12.7. The van der Waals surface area contributed by atoms with Gasteiger partial charge < -0.3 is 24.4 Å². The number of para-hydroxylation sites is 1. The number of hydrogen-bond acceptors (Lipinski definition) is 6. The number of amides is 1. The van der Waals surface area contributed by atoms with E-state index in [2.05, 4.69) is 47.9 Å². The lowest BCUT2D eigenvalue weighted by Gasteiger charge is -2.33. The predicted octanol–water partition coefficient (Wildman–Crippen LogP) is 5.40. The molecular formula is C31H37N5O3S. The minimum Gasteiger partial charge on any atom is -0.455 e. The Balaban J connectivity index is 1.44. The van der Waals surface area contributed by atoms with Crippen molar-refractivity contribution in [3.05, 3.63) is 72.1 Å². The zero-order valence-corrected chi connectivity index (χ0v) is 24.8. The molecule has 0 spiro atoms. The van der Waals surface area contributed by atoms with Crippen LogP contribution in [0.4, 0.5) is 11.5 Å². The Morgan fingerprint density at radius 1 is 1.00 bits per heavy atom. The number of rotatable bonds is 6. The van der Waals surface area contributed by atoms with E-state index in [0.717, 1.165) is 48.5 Å². The average molecular weight is 560 g/mol. The maximum absolute atomic E-state index is 13.6. The van der Waals surface area contributed by atoms with Crippen molar-refractivity contribution in [2.24, 2.45) is 7.05 Å². The molecule has 1 amide bonds. The number of piperazine rings is 1. The SMILES string of the molecule is CN1CCN(c2cc(Oc3cccc4cc(C(=O)Nc5cc(C(C)(C)C)ccc5S(C)=O)n(C)c34)ccn2)CC1. The Morgan fingerprint density at radius 3 is 2.45 bits per heavy atom. The highest BCUT2D eigenvalue weighted by Gasteiger charge is 2.21. The summed E-state index contributed by atoms with van der Waals surface area (Å²) in [5.41, 5.74) is 2.79. The Morgan fingerprint density at radius 2 is 1.75 bits per heavy atom. The van der Waals surface area contributed by atoms with Crippen LogP contribution in [0.3, 0.4) is 0 Å². The molecule has 0 radical (unpaired) electrons. The van der Waals surface area contributed by atoms with Crippen molar-refractivity contribution in [1.29, 1.82) is 0 Å². The van der Waals surface area contributed by atoms with Gasteiger partial charge in [-0.2, -0.15) is 0 Å². The standard InChI is InChI=1S/C31H37N5O3S/c1-31(2,3)22-10-11-27(40(6)38)24(19-22)33-30(37)25-18-21-8-7-9-26(29(21)35(25)5)39-23-12-13-32-28(20-23)36-16-14-34(4)15-17-36/h7-13,18-20H,14-17H2,1-6H3,(H,33,37). The molecule has 4 aromatic rings. The molecule has 1 aliphatic heterocycles. The second-order valence-electron chi connectivity index (χ2n) is 11.4. The summed E-state index contributed by atoms with van der Waals surface area (Å²) in [4.78, 5) is 23.3. The van der Waals surface area contributed by atoms with Crippen molar-refractivity contribution in [2.45, 2.75) is 31.1 Å². The molecule has 1 atom stereocenters. The van der Waals surface area contributed by atoms with E-state index in [1.165, 1.54) is 0 Å². The molecular weight excluding hydrogens is 522 g/mol. The van der Waals surface area contributed by atoms with Gasteiger partial charge in [0.25, 0.3) is 5.91 Å². The molecule has 0 bridgehead atoms. The maximum atomic E-state index is 13.6. The number of likely N-dealkylation sites (N-methyl/N-ethyl adjacent to an activating group) is 1. The topological polar surface area (TPSA) is 79.7 Å². The van der Waals surface area contributed by atoms with E-state index in [1.54, 1.807) is 12.5 Å². The average Bonchev–Trinajstić information content (AvgIpc) is 3.26. The third-order valence-electron chi connectivity index (χ3n) is 7.43. The molecule has 9 heteroatoms. The van der Waals surface area contributed by atoms with Crippen LogP contribution in [-0.2, 0) is 23.3 Å². The molecule has 1 unspecified atom stereocenters. The maximum Gasteiger partial charge on any atom is 0.272 e. The first kappa shape index (κ1) is 27.9. The summed E-state index contributed by atoms with van der Waals surface area (Å²) < 4.78 is 20.7. The van der Waals surface area contributed by atoms with Crippen LogP contribution in [-0.4, -0.2) is 64.0 Å². The molecule has 3 heterocycles. The predicted molar refractivity (Wildman–Crippen MR) is 162 cm³/mol. The minimum atomic E-state index is -1.25. The first-order valence-corrected chi connectivity index (χ1v) is 15.0. The van der Waals surface area contributed by atoms with Gasteiger partial charge in [-0.05, 0) is 48.4 Å². The number of carbonyl (C=O) groups is 1. The summed E-state index contributed by atoms with van der Waals surface area (Å²) in [5, 5.41) is 3.92. The highest BCUT2D eigenvalue weighted by atomic mass is 32.2. The summed E-state index contributed by atoms with van der Waals surface area (Å²) >= 11 is 0. The van der Waals surface area contributed by atoms with Crippen LogP contribution in [0.2, 0.25) is 0 Å². The number of fused-ring (bicyclic) bond motifs is 1. The van der Waals surface area contributed by atoms with Gasteiger partial charge in [0.05, 0.1) is 26.9 Å². The zero-order chi connectivity index (χ0) is 28.6. The van der Waals surface area contributed by atoms with Gasteiger partial charge in [-0.3, -0.25) is 9.00 Å². The lowest BCUT2D eigenvalue weighted by atomic mass is 9.87.